The lowest BCUT2D eigenvalue weighted by Crippen LogP contribution is -2.13. The average Bonchev–Trinajstić information content (AvgIpc) is 3.16. The number of pyridine rings is 1. The van der Waals surface area contributed by atoms with Gasteiger partial charge in [-0.05, 0) is 55.7 Å². The number of anilines is 1. The molecule has 0 aliphatic rings. The SMILES string of the molecule is Cc1ccc2nc(C)cc(C(=O)Nc3ccc(-c4csnn4)cc3)c2c1. The molecule has 0 aliphatic carbocycles. The fraction of sp³-hybridized carbons (Fsp3) is 0.100. The largest absolute Gasteiger partial charge is 0.322 e. The molecule has 128 valence electrons. The van der Waals surface area contributed by atoms with Gasteiger partial charge in [-0.1, -0.05) is 28.3 Å². The summed E-state index contributed by atoms with van der Waals surface area (Å²) in [5.41, 5.74) is 5.90. The first-order valence-electron chi connectivity index (χ1n) is 8.17. The van der Waals surface area contributed by atoms with Gasteiger partial charge in [-0.3, -0.25) is 9.78 Å². The van der Waals surface area contributed by atoms with Gasteiger partial charge in [0.25, 0.3) is 5.91 Å². The molecule has 6 heteroatoms. The lowest BCUT2D eigenvalue weighted by molar-refractivity contribution is 0.102. The van der Waals surface area contributed by atoms with Crippen LogP contribution < -0.4 is 5.32 Å². The first-order valence-corrected chi connectivity index (χ1v) is 9.01. The van der Waals surface area contributed by atoms with Crippen molar-refractivity contribution < 1.29 is 4.79 Å². The van der Waals surface area contributed by atoms with Crippen molar-refractivity contribution >= 4 is 34.0 Å². The number of nitrogens with one attached hydrogen (secondary N) is 1. The number of rotatable bonds is 3. The maximum Gasteiger partial charge on any atom is 0.256 e. The van der Waals surface area contributed by atoms with Crippen LogP contribution in [0.25, 0.3) is 22.2 Å². The molecular weight excluding hydrogens is 344 g/mol. The molecule has 26 heavy (non-hydrogen) atoms. The Hall–Kier alpha value is -3.12. The van der Waals surface area contributed by atoms with Crippen LogP contribution in [-0.4, -0.2) is 20.5 Å². The van der Waals surface area contributed by atoms with Crippen molar-refractivity contribution in [1.29, 1.82) is 0 Å². The Labute approximate surface area is 154 Å². The van der Waals surface area contributed by atoms with Crippen LogP contribution >= 0.6 is 11.5 Å². The predicted molar refractivity (Wildman–Crippen MR) is 105 cm³/mol. The molecule has 1 amide bonds. The topological polar surface area (TPSA) is 67.8 Å². The van der Waals surface area contributed by atoms with Gasteiger partial charge in [-0.2, -0.15) is 0 Å². The van der Waals surface area contributed by atoms with Crippen LogP contribution in [-0.2, 0) is 0 Å². The van der Waals surface area contributed by atoms with E-state index in [9.17, 15) is 4.79 Å². The van der Waals surface area contributed by atoms with Crippen molar-refractivity contribution in [3.63, 3.8) is 0 Å². The van der Waals surface area contributed by atoms with E-state index in [4.69, 9.17) is 0 Å². The van der Waals surface area contributed by atoms with Crippen LogP contribution in [0.3, 0.4) is 0 Å². The molecule has 0 fully saturated rings. The van der Waals surface area contributed by atoms with E-state index in [0.29, 0.717) is 5.56 Å². The smallest absolute Gasteiger partial charge is 0.256 e. The highest BCUT2D eigenvalue weighted by molar-refractivity contribution is 7.03. The van der Waals surface area contributed by atoms with Gasteiger partial charge in [0.1, 0.15) is 5.69 Å². The fourth-order valence-corrected chi connectivity index (χ4v) is 3.34. The van der Waals surface area contributed by atoms with Gasteiger partial charge in [0.15, 0.2) is 0 Å². The fourth-order valence-electron chi connectivity index (χ4n) is 2.87. The van der Waals surface area contributed by atoms with E-state index in [1.165, 1.54) is 11.5 Å². The highest BCUT2D eigenvalue weighted by atomic mass is 32.1. The number of hydrogen-bond acceptors (Lipinski definition) is 5. The van der Waals surface area contributed by atoms with E-state index in [1.54, 1.807) is 0 Å². The van der Waals surface area contributed by atoms with Crippen LogP contribution in [0.5, 0.6) is 0 Å². The summed E-state index contributed by atoms with van der Waals surface area (Å²) in [4.78, 5) is 17.4. The zero-order chi connectivity index (χ0) is 18.1. The minimum absolute atomic E-state index is 0.144. The molecule has 2 aromatic heterocycles. The van der Waals surface area contributed by atoms with E-state index in [-0.39, 0.29) is 5.91 Å². The van der Waals surface area contributed by atoms with Crippen molar-refractivity contribution in [3.8, 4) is 11.3 Å². The van der Waals surface area contributed by atoms with Gasteiger partial charge >= 0.3 is 0 Å². The summed E-state index contributed by atoms with van der Waals surface area (Å²) in [6.45, 7) is 3.90. The number of carbonyl (C=O) groups is 1. The zero-order valence-electron chi connectivity index (χ0n) is 14.4. The molecule has 0 saturated carbocycles. The quantitative estimate of drug-likeness (QED) is 0.579. The minimum Gasteiger partial charge on any atom is -0.322 e. The number of hydrogen-bond donors (Lipinski definition) is 1. The molecule has 5 nitrogen and oxygen atoms in total. The molecule has 0 bridgehead atoms. The molecule has 4 aromatic rings. The molecule has 1 N–H and O–H groups in total. The number of nitrogens with zero attached hydrogens (tertiary/aromatic N) is 3. The van der Waals surface area contributed by atoms with E-state index in [2.05, 4.69) is 19.9 Å². The third-order valence-electron chi connectivity index (χ3n) is 4.14. The maximum absolute atomic E-state index is 12.8. The lowest BCUT2D eigenvalue weighted by atomic mass is 10.0. The highest BCUT2D eigenvalue weighted by Crippen LogP contribution is 2.23. The van der Waals surface area contributed by atoms with E-state index in [0.717, 1.165) is 39.1 Å². The predicted octanol–water partition coefficient (Wildman–Crippen LogP) is 4.62. The minimum atomic E-state index is -0.144. The monoisotopic (exact) mass is 360 g/mol. The van der Waals surface area contributed by atoms with Crippen LogP contribution in [0.1, 0.15) is 21.6 Å². The summed E-state index contributed by atoms with van der Waals surface area (Å²) in [5, 5.41) is 9.77. The number of fused-ring (bicyclic) bond motifs is 1. The van der Waals surface area contributed by atoms with Crippen LogP contribution in [0.15, 0.2) is 53.9 Å². The van der Waals surface area contributed by atoms with Crippen molar-refractivity contribution in [3.05, 3.63) is 70.7 Å². The van der Waals surface area contributed by atoms with Gasteiger partial charge in [-0.25, -0.2) is 0 Å². The summed E-state index contributed by atoms with van der Waals surface area (Å²) in [5.74, 6) is -0.144. The third-order valence-corrected chi connectivity index (χ3v) is 4.64. The molecule has 0 aliphatic heterocycles. The molecule has 0 unspecified atom stereocenters. The molecule has 2 aromatic carbocycles. The molecule has 0 atom stereocenters. The second-order valence-electron chi connectivity index (χ2n) is 6.15. The Bertz CT molecular complexity index is 1090. The molecule has 2 heterocycles. The first-order chi connectivity index (χ1) is 12.6. The number of carbonyl (C=O) groups excluding carboxylic acids is 1. The molecule has 0 spiro atoms. The van der Waals surface area contributed by atoms with Crippen molar-refractivity contribution in [2.75, 3.05) is 5.32 Å². The first kappa shape index (κ1) is 16.4. The second kappa shape index (κ2) is 6.65. The van der Waals surface area contributed by atoms with Crippen LogP contribution in [0.2, 0.25) is 0 Å². The van der Waals surface area contributed by atoms with Crippen molar-refractivity contribution in [2.24, 2.45) is 0 Å². The lowest BCUT2D eigenvalue weighted by Gasteiger charge is -2.10. The van der Waals surface area contributed by atoms with Gasteiger partial charge in [0.2, 0.25) is 0 Å². The van der Waals surface area contributed by atoms with E-state index >= 15 is 0 Å². The Morgan fingerprint density at radius 2 is 1.85 bits per heavy atom. The summed E-state index contributed by atoms with van der Waals surface area (Å²) in [7, 11) is 0. The Morgan fingerprint density at radius 1 is 1.04 bits per heavy atom. The molecule has 4 rings (SSSR count). The van der Waals surface area contributed by atoms with E-state index in [1.807, 2.05) is 67.8 Å². The van der Waals surface area contributed by atoms with Gasteiger partial charge in [0, 0.05) is 27.7 Å². The normalized spacial score (nSPS) is 10.8. The summed E-state index contributed by atoms with van der Waals surface area (Å²) in [6.07, 6.45) is 0. The Balaban J connectivity index is 1.64. The zero-order valence-corrected chi connectivity index (χ0v) is 15.2. The third kappa shape index (κ3) is 3.19. The molecule has 0 saturated heterocycles. The van der Waals surface area contributed by atoms with Crippen molar-refractivity contribution in [1.82, 2.24) is 14.6 Å². The van der Waals surface area contributed by atoms with E-state index < -0.39 is 0 Å². The standard InChI is InChI=1S/C20H16N4OS/c1-12-3-8-18-16(9-12)17(10-13(2)21-18)20(25)22-15-6-4-14(5-7-15)19-11-26-24-23-19/h3-11H,1-2H3,(H,22,25). The van der Waals surface area contributed by atoms with Crippen molar-refractivity contribution in [2.45, 2.75) is 13.8 Å². The summed E-state index contributed by atoms with van der Waals surface area (Å²) in [6, 6.07) is 15.4. The number of aromatic nitrogens is 3. The summed E-state index contributed by atoms with van der Waals surface area (Å²) < 4.78 is 3.87. The maximum atomic E-state index is 12.8. The second-order valence-corrected chi connectivity index (χ2v) is 6.76. The number of amides is 1. The number of aryl methyl sites for hydroxylation is 2. The number of benzene rings is 2. The van der Waals surface area contributed by atoms with Gasteiger partial charge in [0.05, 0.1) is 11.1 Å². The summed E-state index contributed by atoms with van der Waals surface area (Å²) >= 11 is 1.31. The van der Waals surface area contributed by atoms with Gasteiger partial charge < -0.3 is 5.32 Å². The van der Waals surface area contributed by atoms with Crippen LogP contribution in [0.4, 0.5) is 5.69 Å². The average molecular weight is 360 g/mol. The Kier molecular flexibility index (Phi) is 4.18. The Morgan fingerprint density at radius 3 is 2.58 bits per heavy atom. The molecular formula is C20H16N4OS. The van der Waals surface area contributed by atoms with Crippen LogP contribution in [0, 0.1) is 13.8 Å². The highest BCUT2D eigenvalue weighted by Gasteiger charge is 2.13. The van der Waals surface area contributed by atoms with Gasteiger partial charge in [-0.15, -0.1) is 5.10 Å². The molecule has 0 radical (unpaired) electrons.